The van der Waals surface area contributed by atoms with E-state index >= 15 is 0 Å². The molecule has 148 valence electrons. The van der Waals surface area contributed by atoms with E-state index in [1.807, 2.05) is 24.3 Å². The monoisotopic (exact) mass is 399 g/mol. The van der Waals surface area contributed by atoms with Gasteiger partial charge in [-0.1, -0.05) is 18.2 Å². The molecule has 0 spiro atoms. The highest BCUT2D eigenvalue weighted by Gasteiger charge is 2.33. The second kappa shape index (κ2) is 6.84. The van der Waals surface area contributed by atoms with E-state index in [-0.39, 0.29) is 11.3 Å². The molecule has 0 aromatic heterocycles. The zero-order chi connectivity index (χ0) is 20.8. The summed E-state index contributed by atoms with van der Waals surface area (Å²) in [5, 5.41) is 4.22. The highest BCUT2D eigenvalue weighted by molar-refractivity contribution is 6.35. The van der Waals surface area contributed by atoms with Gasteiger partial charge in [-0.25, -0.2) is 0 Å². The van der Waals surface area contributed by atoms with Crippen LogP contribution in [0.4, 0.5) is 18.9 Å². The number of methoxy groups -OCH3 is 2. The number of alkyl halides is 3. The summed E-state index contributed by atoms with van der Waals surface area (Å²) in [5.41, 5.74) is 0.632. The van der Waals surface area contributed by atoms with Crippen LogP contribution in [0.3, 0.4) is 0 Å². The molecule has 0 aliphatic carbocycles. The van der Waals surface area contributed by atoms with Gasteiger partial charge in [0.25, 0.3) is 5.91 Å². The number of anilines is 1. The summed E-state index contributed by atoms with van der Waals surface area (Å²) in [6, 6.07) is 12.4. The standard InChI is InChI=1S/C22H16F3NO3/c1-28-14-6-3-12-4-8-20(29-2)17(16(12)10-14)11-18-15-7-5-13(22(23,24)25)9-19(15)26-21(18)27/h3-11H,1-2H3,(H,26,27)/b18-11-. The lowest BCUT2D eigenvalue weighted by Gasteiger charge is -2.11. The lowest BCUT2D eigenvalue weighted by atomic mass is 9.98. The van der Waals surface area contributed by atoms with Crippen LogP contribution in [-0.4, -0.2) is 20.1 Å². The number of benzene rings is 3. The van der Waals surface area contributed by atoms with Crippen molar-refractivity contribution in [3.8, 4) is 11.5 Å². The van der Waals surface area contributed by atoms with E-state index in [0.717, 1.165) is 22.9 Å². The Bertz CT molecular complexity index is 1160. The number of carbonyl (C=O) groups is 1. The number of hydrogen-bond acceptors (Lipinski definition) is 3. The third-order valence-electron chi connectivity index (χ3n) is 4.87. The smallest absolute Gasteiger partial charge is 0.416 e. The number of rotatable bonds is 3. The number of amides is 1. The molecule has 0 bridgehead atoms. The van der Waals surface area contributed by atoms with Gasteiger partial charge in [-0.15, -0.1) is 0 Å². The van der Waals surface area contributed by atoms with Gasteiger partial charge in [-0.05, 0) is 47.2 Å². The molecule has 29 heavy (non-hydrogen) atoms. The van der Waals surface area contributed by atoms with Crippen LogP contribution in [0.2, 0.25) is 0 Å². The van der Waals surface area contributed by atoms with Crippen LogP contribution in [0.25, 0.3) is 22.4 Å². The summed E-state index contributed by atoms with van der Waals surface area (Å²) >= 11 is 0. The summed E-state index contributed by atoms with van der Waals surface area (Å²) in [5.74, 6) is 0.698. The van der Waals surface area contributed by atoms with E-state index in [1.165, 1.54) is 13.2 Å². The van der Waals surface area contributed by atoms with Crippen molar-refractivity contribution in [2.45, 2.75) is 6.18 Å². The van der Waals surface area contributed by atoms with E-state index in [9.17, 15) is 18.0 Å². The van der Waals surface area contributed by atoms with Crippen molar-refractivity contribution in [3.05, 3.63) is 65.2 Å². The number of carbonyl (C=O) groups excluding carboxylic acids is 1. The minimum absolute atomic E-state index is 0.132. The molecule has 1 aliphatic rings. The highest BCUT2D eigenvalue weighted by Crippen LogP contribution is 2.40. The minimum Gasteiger partial charge on any atom is -0.497 e. The summed E-state index contributed by atoms with van der Waals surface area (Å²) in [7, 11) is 3.07. The van der Waals surface area contributed by atoms with Gasteiger partial charge >= 0.3 is 6.18 Å². The van der Waals surface area contributed by atoms with Crippen LogP contribution in [-0.2, 0) is 11.0 Å². The van der Waals surface area contributed by atoms with Crippen molar-refractivity contribution in [1.82, 2.24) is 0 Å². The molecule has 3 aromatic rings. The second-order valence-electron chi connectivity index (χ2n) is 6.54. The van der Waals surface area contributed by atoms with E-state index in [2.05, 4.69) is 5.32 Å². The maximum Gasteiger partial charge on any atom is 0.416 e. The molecule has 0 unspecified atom stereocenters. The Kier molecular flexibility index (Phi) is 4.45. The van der Waals surface area contributed by atoms with Crippen LogP contribution in [0.15, 0.2) is 48.5 Å². The molecular formula is C22H16F3NO3. The minimum atomic E-state index is -4.48. The first-order valence-electron chi connectivity index (χ1n) is 8.71. The van der Waals surface area contributed by atoms with Gasteiger partial charge in [0.05, 0.1) is 19.8 Å². The molecule has 7 heteroatoms. The summed E-state index contributed by atoms with van der Waals surface area (Å²) in [4.78, 5) is 12.5. The van der Waals surface area contributed by atoms with E-state index in [4.69, 9.17) is 9.47 Å². The molecular weight excluding hydrogens is 383 g/mol. The topological polar surface area (TPSA) is 47.6 Å². The Labute approximate surface area is 164 Å². The van der Waals surface area contributed by atoms with Crippen LogP contribution >= 0.6 is 0 Å². The molecule has 0 atom stereocenters. The maximum absolute atomic E-state index is 13.0. The molecule has 1 N–H and O–H groups in total. The number of nitrogens with one attached hydrogen (secondary N) is 1. The fourth-order valence-electron chi connectivity index (χ4n) is 3.41. The first-order chi connectivity index (χ1) is 13.8. The molecule has 0 fully saturated rings. The Morgan fingerprint density at radius 3 is 2.41 bits per heavy atom. The number of fused-ring (bicyclic) bond motifs is 2. The molecule has 0 saturated carbocycles. The van der Waals surface area contributed by atoms with E-state index in [1.54, 1.807) is 19.3 Å². The molecule has 3 aromatic carbocycles. The number of ether oxygens (including phenoxy) is 2. The fourth-order valence-corrected chi connectivity index (χ4v) is 3.41. The van der Waals surface area contributed by atoms with Gasteiger partial charge in [0.1, 0.15) is 11.5 Å². The molecule has 1 aliphatic heterocycles. The SMILES string of the molecule is COc1ccc2ccc(OC)c(/C=C3\C(=O)Nc4cc(C(F)(F)F)ccc43)c2c1. The Balaban J connectivity index is 1.91. The third-order valence-corrected chi connectivity index (χ3v) is 4.87. The lowest BCUT2D eigenvalue weighted by molar-refractivity contribution is -0.137. The first kappa shape index (κ1) is 18.9. The van der Waals surface area contributed by atoms with Gasteiger partial charge in [0, 0.05) is 22.4 Å². The molecule has 1 amide bonds. The fraction of sp³-hybridized carbons (Fsp3) is 0.136. The predicted molar refractivity (Wildman–Crippen MR) is 105 cm³/mol. The number of hydrogen-bond donors (Lipinski definition) is 1. The zero-order valence-electron chi connectivity index (χ0n) is 15.6. The van der Waals surface area contributed by atoms with Crippen LogP contribution in [0.1, 0.15) is 16.7 Å². The van der Waals surface area contributed by atoms with Gasteiger partial charge < -0.3 is 14.8 Å². The Morgan fingerprint density at radius 2 is 1.72 bits per heavy atom. The first-order valence-corrected chi connectivity index (χ1v) is 8.71. The molecule has 0 radical (unpaired) electrons. The van der Waals surface area contributed by atoms with Crippen LogP contribution in [0, 0.1) is 0 Å². The summed E-state index contributed by atoms with van der Waals surface area (Å²) in [6.07, 6.45) is -2.85. The lowest BCUT2D eigenvalue weighted by Crippen LogP contribution is -2.06. The van der Waals surface area contributed by atoms with Crippen molar-refractivity contribution in [2.75, 3.05) is 19.5 Å². The predicted octanol–water partition coefficient (Wildman–Crippen LogP) is 5.37. The van der Waals surface area contributed by atoms with Gasteiger partial charge in [-0.3, -0.25) is 4.79 Å². The van der Waals surface area contributed by atoms with E-state index < -0.39 is 17.6 Å². The molecule has 4 rings (SSSR count). The largest absolute Gasteiger partial charge is 0.497 e. The third kappa shape index (κ3) is 3.29. The molecule has 0 saturated heterocycles. The van der Waals surface area contributed by atoms with E-state index in [0.29, 0.717) is 22.6 Å². The van der Waals surface area contributed by atoms with Gasteiger partial charge in [0.15, 0.2) is 0 Å². The van der Waals surface area contributed by atoms with Crippen molar-refractivity contribution in [2.24, 2.45) is 0 Å². The highest BCUT2D eigenvalue weighted by atomic mass is 19.4. The summed E-state index contributed by atoms with van der Waals surface area (Å²) < 4.78 is 49.7. The van der Waals surface area contributed by atoms with Gasteiger partial charge in [-0.2, -0.15) is 13.2 Å². The summed E-state index contributed by atoms with van der Waals surface area (Å²) in [6.45, 7) is 0. The molecule has 4 nitrogen and oxygen atoms in total. The van der Waals surface area contributed by atoms with Crippen molar-refractivity contribution in [3.63, 3.8) is 0 Å². The van der Waals surface area contributed by atoms with Crippen LogP contribution in [0.5, 0.6) is 11.5 Å². The van der Waals surface area contributed by atoms with Crippen molar-refractivity contribution in [1.29, 1.82) is 0 Å². The maximum atomic E-state index is 13.0. The zero-order valence-corrected chi connectivity index (χ0v) is 15.6. The number of halogens is 3. The quantitative estimate of drug-likeness (QED) is 0.603. The second-order valence-corrected chi connectivity index (χ2v) is 6.54. The Hall–Kier alpha value is -3.48. The normalized spacial score (nSPS) is 14.8. The van der Waals surface area contributed by atoms with Crippen molar-refractivity contribution < 1.29 is 27.4 Å². The molecule has 1 heterocycles. The Morgan fingerprint density at radius 1 is 0.966 bits per heavy atom. The van der Waals surface area contributed by atoms with Crippen molar-refractivity contribution >= 4 is 34.0 Å². The average molecular weight is 399 g/mol. The van der Waals surface area contributed by atoms with Gasteiger partial charge in [0.2, 0.25) is 0 Å². The average Bonchev–Trinajstić information content (AvgIpc) is 3.01. The van der Waals surface area contributed by atoms with Crippen LogP contribution < -0.4 is 14.8 Å².